The highest BCUT2D eigenvalue weighted by molar-refractivity contribution is 4.92. The molecule has 1 nitrogen and oxygen atoms in total. The molecule has 0 amide bonds. The lowest BCUT2D eigenvalue weighted by Crippen LogP contribution is -2.30. The molecule has 1 heteroatoms. The number of hydrogen-bond donors (Lipinski definition) is 0. The molecule has 1 saturated heterocycles. The first-order valence-corrected chi connectivity index (χ1v) is 6.96. The summed E-state index contributed by atoms with van der Waals surface area (Å²) in [4.78, 5) is 2.63. The monoisotopic (exact) mass is 211 g/mol. The van der Waals surface area contributed by atoms with Crippen LogP contribution in [0.3, 0.4) is 0 Å². The molecule has 0 atom stereocenters. The zero-order valence-corrected chi connectivity index (χ0v) is 11.2. The summed E-state index contributed by atoms with van der Waals surface area (Å²) >= 11 is 0. The van der Waals surface area contributed by atoms with E-state index < -0.39 is 0 Å². The Labute approximate surface area is 96.2 Å². The molecular weight excluding hydrogens is 182 g/mol. The molecule has 0 bridgehead atoms. The Kier molecular flexibility index (Phi) is 5.11. The summed E-state index contributed by atoms with van der Waals surface area (Å²) in [6.07, 6.45) is 7.46. The molecular formula is C14H29N. The third-order valence-corrected chi connectivity index (χ3v) is 4.30. The third-order valence-electron chi connectivity index (χ3n) is 4.30. The van der Waals surface area contributed by atoms with Gasteiger partial charge in [-0.1, -0.05) is 40.5 Å². The molecule has 0 aromatic carbocycles. The maximum absolute atomic E-state index is 2.63. The van der Waals surface area contributed by atoms with E-state index in [4.69, 9.17) is 0 Å². The lowest BCUT2D eigenvalue weighted by atomic mass is 9.70. The molecule has 2 fully saturated rings. The number of hydrogen-bond acceptors (Lipinski definition) is 1. The summed E-state index contributed by atoms with van der Waals surface area (Å²) in [5.74, 6) is 1.00. The SMILES string of the molecule is CC.CCN1CCC2(CCC(C)CC2)C1. The van der Waals surface area contributed by atoms with Crippen molar-refractivity contribution in [2.45, 2.75) is 59.8 Å². The van der Waals surface area contributed by atoms with Gasteiger partial charge in [-0.05, 0) is 43.7 Å². The van der Waals surface area contributed by atoms with Crippen molar-refractivity contribution in [2.24, 2.45) is 11.3 Å². The van der Waals surface area contributed by atoms with Crippen LogP contribution in [0.2, 0.25) is 0 Å². The topological polar surface area (TPSA) is 3.24 Å². The zero-order valence-electron chi connectivity index (χ0n) is 11.2. The van der Waals surface area contributed by atoms with Crippen LogP contribution in [0.5, 0.6) is 0 Å². The number of rotatable bonds is 1. The van der Waals surface area contributed by atoms with E-state index in [2.05, 4.69) is 18.7 Å². The molecule has 0 unspecified atom stereocenters. The van der Waals surface area contributed by atoms with Gasteiger partial charge in [0.2, 0.25) is 0 Å². The predicted octanol–water partition coefficient (Wildman–Crippen LogP) is 3.93. The lowest BCUT2D eigenvalue weighted by Gasteiger charge is -2.36. The van der Waals surface area contributed by atoms with E-state index in [9.17, 15) is 0 Å². The van der Waals surface area contributed by atoms with Gasteiger partial charge >= 0.3 is 0 Å². The first kappa shape index (κ1) is 13.0. The van der Waals surface area contributed by atoms with E-state index >= 15 is 0 Å². The van der Waals surface area contributed by atoms with Gasteiger partial charge in [-0.2, -0.15) is 0 Å². The van der Waals surface area contributed by atoms with Crippen molar-refractivity contribution in [1.82, 2.24) is 4.90 Å². The predicted molar refractivity (Wildman–Crippen MR) is 68.1 cm³/mol. The molecule has 0 radical (unpaired) electrons. The number of nitrogens with zero attached hydrogens (tertiary/aromatic N) is 1. The van der Waals surface area contributed by atoms with Crippen molar-refractivity contribution in [3.63, 3.8) is 0 Å². The van der Waals surface area contributed by atoms with Crippen LogP contribution in [0.4, 0.5) is 0 Å². The van der Waals surface area contributed by atoms with Gasteiger partial charge in [0.1, 0.15) is 0 Å². The molecule has 1 heterocycles. The molecule has 2 rings (SSSR count). The molecule has 1 saturated carbocycles. The lowest BCUT2D eigenvalue weighted by molar-refractivity contribution is 0.158. The minimum Gasteiger partial charge on any atom is -0.303 e. The third kappa shape index (κ3) is 3.21. The van der Waals surface area contributed by atoms with Crippen molar-refractivity contribution in [3.8, 4) is 0 Å². The van der Waals surface area contributed by atoms with E-state index in [-0.39, 0.29) is 0 Å². The van der Waals surface area contributed by atoms with Gasteiger partial charge in [-0.15, -0.1) is 0 Å². The molecule has 1 aliphatic heterocycles. The summed E-state index contributed by atoms with van der Waals surface area (Å²) in [5, 5.41) is 0. The molecule has 1 aliphatic carbocycles. The van der Waals surface area contributed by atoms with Crippen LogP contribution in [-0.4, -0.2) is 24.5 Å². The maximum Gasteiger partial charge on any atom is 0.00383 e. The quantitative estimate of drug-likeness (QED) is 0.635. The molecule has 0 N–H and O–H groups in total. The van der Waals surface area contributed by atoms with E-state index in [1.807, 2.05) is 13.8 Å². The van der Waals surface area contributed by atoms with Gasteiger partial charge in [-0.3, -0.25) is 0 Å². The number of likely N-dealkylation sites (tertiary alicyclic amines) is 1. The fraction of sp³-hybridized carbons (Fsp3) is 1.00. The normalized spacial score (nSPS) is 36.4. The van der Waals surface area contributed by atoms with Crippen molar-refractivity contribution in [1.29, 1.82) is 0 Å². The Balaban J connectivity index is 0.000000531. The minimum absolute atomic E-state index is 0.752. The van der Waals surface area contributed by atoms with Crippen LogP contribution < -0.4 is 0 Å². The van der Waals surface area contributed by atoms with Crippen molar-refractivity contribution >= 4 is 0 Å². The molecule has 90 valence electrons. The molecule has 15 heavy (non-hydrogen) atoms. The molecule has 1 spiro atoms. The smallest absolute Gasteiger partial charge is 0.00383 e. The second-order valence-electron chi connectivity index (χ2n) is 5.30. The van der Waals surface area contributed by atoms with Crippen molar-refractivity contribution in [2.75, 3.05) is 19.6 Å². The largest absolute Gasteiger partial charge is 0.303 e. The van der Waals surface area contributed by atoms with Gasteiger partial charge in [-0.25, -0.2) is 0 Å². The first-order valence-electron chi connectivity index (χ1n) is 6.96. The van der Waals surface area contributed by atoms with Gasteiger partial charge in [0, 0.05) is 6.54 Å². The fourth-order valence-corrected chi connectivity index (χ4v) is 3.08. The maximum atomic E-state index is 2.63. The van der Waals surface area contributed by atoms with Crippen LogP contribution in [0.15, 0.2) is 0 Å². The van der Waals surface area contributed by atoms with Gasteiger partial charge < -0.3 is 4.90 Å². The van der Waals surface area contributed by atoms with Crippen LogP contribution in [0.1, 0.15) is 59.8 Å². The van der Waals surface area contributed by atoms with Gasteiger partial charge in [0.05, 0.1) is 0 Å². The van der Waals surface area contributed by atoms with Gasteiger partial charge in [0.15, 0.2) is 0 Å². The average molecular weight is 211 g/mol. The minimum atomic E-state index is 0.752. The first-order chi connectivity index (χ1) is 7.24. The Morgan fingerprint density at radius 3 is 2.20 bits per heavy atom. The summed E-state index contributed by atoms with van der Waals surface area (Å²) in [6, 6.07) is 0. The van der Waals surface area contributed by atoms with Crippen LogP contribution >= 0.6 is 0 Å². The summed E-state index contributed by atoms with van der Waals surface area (Å²) in [5.41, 5.74) is 0.752. The Morgan fingerprint density at radius 1 is 1.13 bits per heavy atom. The van der Waals surface area contributed by atoms with E-state index in [0.29, 0.717) is 0 Å². The van der Waals surface area contributed by atoms with E-state index in [0.717, 1.165) is 11.3 Å². The van der Waals surface area contributed by atoms with Crippen LogP contribution in [-0.2, 0) is 0 Å². The highest BCUT2D eigenvalue weighted by Gasteiger charge is 2.39. The van der Waals surface area contributed by atoms with Crippen molar-refractivity contribution < 1.29 is 0 Å². The molecule has 0 aromatic heterocycles. The van der Waals surface area contributed by atoms with Gasteiger partial charge in [0.25, 0.3) is 0 Å². The van der Waals surface area contributed by atoms with Crippen molar-refractivity contribution in [3.05, 3.63) is 0 Å². The van der Waals surface area contributed by atoms with E-state index in [1.165, 1.54) is 51.7 Å². The second kappa shape index (κ2) is 5.89. The molecule has 2 aliphatic rings. The summed E-state index contributed by atoms with van der Waals surface area (Å²) < 4.78 is 0. The highest BCUT2D eigenvalue weighted by Crippen LogP contribution is 2.45. The fourth-order valence-electron chi connectivity index (χ4n) is 3.08. The zero-order chi connectivity index (χ0) is 11.3. The Hall–Kier alpha value is -0.0400. The molecule has 0 aromatic rings. The second-order valence-corrected chi connectivity index (χ2v) is 5.30. The summed E-state index contributed by atoms with van der Waals surface area (Å²) in [7, 11) is 0. The summed E-state index contributed by atoms with van der Waals surface area (Å²) in [6.45, 7) is 12.7. The standard InChI is InChI=1S/C12H23N.C2H6/c1-3-13-9-8-12(10-13)6-4-11(2)5-7-12;1-2/h11H,3-10H2,1-2H3;1-2H3. The van der Waals surface area contributed by atoms with Crippen LogP contribution in [0, 0.1) is 11.3 Å². The average Bonchev–Trinajstić information content (AvgIpc) is 2.70. The van der Waals surface area contributed by atoms with Crippen LogP contribution in [0.25, 0.3) is 0 Å². The Bertz CT molecular complexity index is 168. The van der Waals surface area contributed by atoms with E-state index in [1.54, 1.807) is 0 Å². The Morgan fingerprint density at radius 2 is 1.73 bits per heavy atom. The highest BCUT2D eigenvalue weighted by atomic mass is 15.1.